The molecule has 1 fully saturated rings. The Morgan fingerprint density at radius 3 is 2.68 bits per heavy atom. The smallest absolute Gasteiger partial charge is 0.251 e. The number of amides is 1. The topological polar surface area (TPSA) is 55.1 Å². The van der Waals surface area contributed by atoms with Crippen LogP contribution in [0, 0.1) is 6.92 Å². The summed E-state index contributed by atoms with van der Waals surface area (Å²) >= 11 is 5.89. The van der Waals surface area contributed by atoms with Crippen LogP contribution in [0.3, 0.4) is 0 Å². The van der Waals surface area contributed by atoms with Crippen LogP contribution in [-0.4, -0.2) is 18.0 Å². The molecule has 1 aliphatic rings. The summed E-state index contributed by atoms with van der Waals surface area (Å²) in [7, 11) is 0. The third kappa shape index (κ3) is 3.71. The van der Waals surface area contributed by atoms with Gasteiger partial charge in [0.2, 0.25) is 0 Å². The fraction of sp³-hybridized carbons (Fsp3) is 0.533. The lowest BCUT2D eigenvalue weighted by Crippen LogP contribution is -2.51. The van der Waals surface area contributed by atoms with Crippen LogP contribution in [0.2, 0.25) is 5.02 Å². The molecule has 1 aromatic carbocycles. The first kappa shape index (κ1) is 14.4. The summed E-state index contributed by atoms with van der Waals surface area (Å²) in [5.41, 5.74) is 7.64. The Kier molecular flexibility index (Phi) is 4.48. The Balaban J connectivity index is 1.97. The summed E-state index contributed by atoms with van der Waals surface area (Å²) in [4.78, 5) is 12.2. The van der Waals surface area contributed by atoms with E-state index >= 15 is 0 Å². The largest absolute Gasteiger partial charge is 0.350 e. The van der Waals surface area contributed by atoms with E-state index in [9.17, 15) is 4.79 Å². The second-order valence-corrected chi connectivity index (χ2v) is 6.00. The van der Waals surface area contributed by atoms with Gasteiger partial charge in [-0.05, 0) is 43.5 Å². The van der Waals surface area contributed by atoms with Gasteiger partial charge in [0.25, 0.3) is 5.91 Å². The predicted octanol–water partition coefficient (Wildman–Crippen LogP) is 3.04. The first-order chi connectivity index (χ1) is 9.00. The minimum absolute atomic E-state index is 0.0652. The number of rotatable bonds is 3. The Bertz CT molecular complexity index is 467. The summed E-state index contributed by atoms with van der Waals surface area (Å²) in [6.45, 7) is 2.44. The summed E-state index contributed by atoms with van der Waals surface area (Å²) in [5, 5.41) is 3.61. The highest BCUT2D eigenvalue weighted by Gasteiger charge is 2.27. The molecule has 0 spiro atoms. The maximum Gasteiger partial charge on any atom is 0.251 e. The van der Waals surface area contributed by atoms with Gasteiger partial charge in [0, 0.05) is 22.7 Å². The zero-order valence-electron chi connectivity index (χ0n) is 11.3. The average Bonchev–Trinajstić information content (AvgIpc) is 2.37. The van der Waals surface area contributed by atoms with Crippen LogP contribution >= 0.6 is 11.6 Å². The number of benzene rings is 1. The van der Waals surface area contributed by atoms with E-state index < -0.39 is 0 Å². The highest BCUT2D eigenvalue weighted by Crippen LogP contribution is 2.25. The van der Waals surface area contributed by atoms with Crippen molar-refractivity contribution in [3.63, 3.8) is 0 Å². The van der Waals surface area contributed by atoms with E-state index in [1.54, 1.807) is 18.2 Å². The van der Waals surface area contributed by atoms with E-state index in [0.717, 1.165) is 31.2 Å². The summed E-state index contributed by atoms with van der Waals surface area (Å²) < 4.78 is 0. The fourth-order valence-corrected chi connectivity index (χ4v) is 2.89. The molecule has 0 saturated heterocycles. The molecule has 1 aliphatic carbocycles. The molecule has 0 heterocycles. The first-order valence-electron chi connectivity index (χ1n) is 6.83. The number of carbonyl (C=O) groups excluding carboxylic acids is 1. The number of aryl methyl sites for hydroxylation is 1. The average molecular weight is 281 g/mol. The Morgan fingerprint density at radius 2 is 2.05 bits per heavy atom. The summed E-state index contributed by atoms with van der Waals surface area (Å²) in [6, 6.07) is 5.30. The van der Waals surface area contributed by atoms with Gasteiger partial charge in [0.15, 0.2) is 0 Å². The molecule has 3 N–H and O–H groups in total. The van der Waals surface area contributed by atoms with E-state index in [2.05, 4.69) is 5.32 Å². The van der Waals surface area contributed by atoms with Crippen molar-refractivity contribution in [3.05, 3.63) is 34.3 Å². The van der Waals surface area contributed by atoms with E-state index in [1.807, 2.05) is 6.92 Å². The van der Waals surface area contributed by atoms with E-state index in [4.69, 9.17) is 17.3 Å². The van der Waals surface area contributed by atoms with Gasteiger partial charge in [-0.25, -0.2) is 0 Å². The number of hydrogen-bond acceptors (Lipinski definition) is 2. The highest BCUT2D eigenvalue weighted by atomic mass is 35.5. The Hall–Kier alpha value is -1.06. The molecule has 4 heteroatoms. The lowest BCUT2D eigenvalue weighted by Gasteiger charge is -2.33. The SMILES string of the molecule is Cc1cc(Cl)ccc1C(=O)NCC1(N)CCCCC1. The van der Waals surface area contributed by atoms with Crippen LogP contribution in [0.25, 0.3) is 0 Å². The minimum Gasteiger partial charge on any atom is -0.350 e. The Morgan fingerprint density at radius 1 is 1.37 bits per heavy atom. The minimum atomic E-state index is -0.228. The molecule has 0 bridgehead atoms. The predicted molar refractivity (Wildman–Crippen MR) is 78.5 cm³/mol. The number of carbonyl (C=O) groups is 1. The van der Waals surface area contributed by atoms with Crippen molar-refractivity contribution in [1.29, 1.82) is 0 Å². The lowest BCUT2D eigenvalue weighted by molar-refractivity contribution is 0.0937. The van der Waals surface area contributed by atoms with E-state index in [1.165, 1.54) is 6.42 Å². The van der Waals surface area contributed by atoms with Crippen LogP contribution in [0.4, 0.5) is 0 Å². The van der Waals surface area contributed by atoms with E-state index in [0.29, 0.717) is 17.1 Å². The molecule has 19 heavy (non-hydrogen) atoms. The molecule has 0 aliphatic heterocycles. The van der Waals surface area contributed by atoms with Gasteiger partial charge >= 0.3 is 0 Å². The van der Waals surface area contributed by atoms with Crippen LogP contribution in [0.1, 0.15) is 48.0 Å². The maximum atomic E-state index is 12.2. The van der Waals surface area contributed by atoms with Gasteiger partial charge in [-0.1, -0.05) is 30.9 Å². The molecule has 0 aromatic heterocycles. The summed E-state index contributed by atoms with van der Waals surface area (Å²) in [5.74, 6) is -0.0652. The number of nitrogens with two attached hydrogens (primary N) is 1. The molecule has 104 valence electrons. The third-order valence-electron chi connectivity index (χ3n) is 3.88. The molecule has 2 rings (SSSR count). The quantitative estimate of drug-likeness (QED) is 0.894. The van der Waals surface area contributed by atoms with Crippen molar-refractivity contribution >= 4 is 17.5 Å². The molecule has 0 radical (unpaired) electrons. The lowest BCUT2D eigenvalue weighted by atomic mass is 9.82. The number of nitrogens with one attached hydrogen (secondary N) is 1. The molecule has 1 aromatic rings. The molecule has 0 unspecified atom stereocenters. The second-order valence-electron chi connectivity index (χ2n) is 5.56. The van der Waals surface area contributed by atoms with Gasteiger partial charge in [-0.2, -0.15) is 0 Å². The van der Waals surface area contributed by atoms with Gasteiger partial charge in [0.1, 0.15) is 0 Å². The monoisotopic (exact) mass is 280 g/mol. The van der Waals surface area contributed by atoms with Crippen molar-refractivity contribution in [1.82, 2.24) is 5.32 Å². The second kappa shape index (κ2) is 5.93. The molecule has 0 atom stereocenters. The van der Waals surface area contributed by atoms with Gasteiger partial charge in [-0.15, -0.1) is 0 Å². The third-order valence-corrected chi connectivity index (χ3v) is 4.12. The summed E-state index contributed by atoms with van der Waals surface area (Å²) in [6.07, 6.45) is 5.56. The fourth-order valence-electron chi connectivity index (χ4n) is 2.67. The standard InChI is InChI=1S/C15H21ClN2O/c1-11-9-12(16)5-6-13(11)14(19)18-10-15(17)7-3-2-4-8-15/h5-6,9H,2-4,7-8,10,17H2,1H3,(H,18,19). The van der Waals surface area contributed by atoms with Crippen LogP contribution in [-0.2, 0) is 0 Å². The van der Waals surface area contributed by atoms with Gasteiger partial charge < -0.3 is 11.1 Å². The first-order valence-corrected chi connectivity index (χ1v) is 7.21. The van der Waals surface area contributed by atoms with Crippen molar-refractivity contribution < 1.29 is 4.79 Å². The highest BCUT2D eigenvalue weighted by molar-refractivity contribution is 6.30. The van der Waals surface area contributed by atoms with Crippen LogP contribution in [0.15, 0.2) is 18.2 Å². The number of hydrogen-bond donors (Lipinski definition) is 2. The zero-order valence-corrected chi connectivity index (χ0v) is 12.1. The Labute approximate surface area is 119 Å². The maximum absolute atomic E-state index is 12.2. The molecule has 1 saturated carbocycles. The molecule has 1 amide bonds. The van der Waals surface area contributed by atoms with Crippen molar-refractivity contribution in [2.75, 3.05) is 6.54 Å². The van der Waals surface area contributed by atoms with Crippen molar-refractivity contribution in [3.8, 4) is 0 Å². The van der Waals surface area contributed by atoms with Crippen LogP contribution in [0.5, 0.6) is 0 Å². The molecular formula is C15H21ClN2O. The van der Waals surface area contributed by atoms with Crippen molar-refractivity contribution in [2.24, 2.45) is 5.73 Å². The normalized spacial score (nSPS) is 18.1. The van der Waals surface area contributed by atoms with E-state index in [-0.39, 0.29) is 11.4 Å². The van der Waals surface area contributed by atoms with Crippen LogP contribution < -0.4 is 11.1 Å². The zero-order chi connectivity index (χ0) is 13.9. The van der Waals surface area contributed by atoms with Gasteiger partial charge in [0.05, 0.1) is 0 Å². The number of halogens is 1. The van der Waals surface area contributed by atoms with Gasteiger partial charge in [-0.3, -0.25) is 4.79 Å². The molecule has 3 nitrogen and oxygen atoms in total. The van der Waals surface area contributed by atoms with Crippen molar-refractivity contribution in [2.45, 2.75) is 44.6 Å². The molecular weight excluding hydrogens is 260 g/mol.